The summed E-state index contributed by atoms with van der Waals surface area (Å²) in [5.41, 5.74) is 16.6. The summed E-state index contributed by atoms with van der Waals surface area (Å²) in [6.07, 6.45) is 5.59. The molecule has 0 saturated heterocycles. The number of benzene rings is 7. The molecular weight excluding hydrogens is 773 g/mol. The van der Waals surface area contributed by atoms with E-state index in [0.717, 1.165) is 106 Å². The van der Waals surface area contributed by atoms with Crippen LogP contribution in [0.1, 0.15) is 0 Å². The summed E-state index contributed by atoms with van der Waals surface area (Å²) in [4.78, 5) is 19.8. The van der Waals surface area contributed by atoms with E-state index in [1.54, 1.807) is 0 Å². The monoisotopic (exact) mass is 806 g/mol. The van der Waals surface area contributed by atoms with E-state index in [1.807, 2.05) is 48.9 Å². The zero-order valence-electron chi connectivity index (χ0n) is 33.7. The summed E-state index contributed by atoms with van der Waals surface area (Å²) in [5.74, 6) is 0. The lowest BCUT2D eigenvalue weighted by Gasteiger charge is -2.13. The number of hydrogen-bond donors (Lipinski definition) is 0. The van der Waals surface area contributed by atoms with Crippen molar-refractivity contribution in [2.75, 3.05) is 0 Å². The summed E-state index contributed by atoms with van der Waals surface area (Å²) in [6, 6.07) is 65.7. The van der Waals surface area contributed by atoms with Gasteiger partial charge in [-0.25, -0.2) is 4.98 Å². The fraction of sp³-hybridized carbons (Fsp3) is 0. The molecule has 7 aromatic carbocycles. The van der Waals surface area contributed by atoms with E-state index in [2.05, 4.69) is 172 Å². The molecule has 6 aromatic heterocycles. The van der Waals surface area contributed by atoms with Gasteiger partial charge in [0.05, 0.1) is 62.9 Å². The standard InChI is InChI=1S/C56H34N6O/c1-3-12-35(13-4-1)46-31-40(32-47(60-46)36-14-5-2-6-15-36)62-51-19-10-8-17-42(51)44-28-37(22-25-52(44)62)48-33-59-49(34-58-48)38-21-24-43-41-16-7-9-18-50(41)61(53(43)29-38)39-23-26-54-45(30-39)56-55(63-54)20-11-27-57-56/h1-34H. The highest BCUT2D eigenvalue weighted by Gasteiger charge is 2.19. The number of pyridine rings is 2. The van der Waals surface area contributed by atoms with Gasteiger partial charge in [-0.2, -0.15) is 0 Å². The van der Waals surface area contributed by atoms with Crippen molar-refractivity contribution >= 4 is 65.7 Å². The third kappa shape index (κ3) is 5.67. The van der Waals surface area contributed by atoms with Crippen molar-refractivity contribution in [3.05, 3.63) is 207 Å². The smallest absolute Gasteiger partial charge is 0.153 e. The van der Waals surface area contributed by atoms with E-state index >= 15 is 0 Å². The van der Waals surface area contributed by atoms with Crippen LogP contribution in [0, 0.1) is 0 Å². The van der Waals surface area contributed by atoms with E-state index in [9.17, 15) is 0 Å². The topological polar surface area (TPSA) is 74.6 Å². The Labute approximate surface area is 360 Å². The van der Waals surface area contributed by atoms with Gasteiger partial charge in [0, 0.05) is 61.1 Å². The summed E-state index contributed by atoms with van der Waals surface area (Å²) < 4.78 is 10.8. The molecule has 0 aliphatic carbocycles. The van der Waals surface area contributed by atoms with E-state index < -0.39 is 0 Å². The lowest BCUT2D eigenvalue weighted by atomic mass is 10.1. The maximum Gasteiger partial charge on any atom is 0.153 e. The third-order valence-electron chi connectivity index (χ3n) is 12.3. The first kappa shape index (κ1) is 35.1. The van der Waals surface area contributed by atoms with Gasteiger partial charge in [-0.15, -0.1) is 0 Å². The van der Waals surface area contributed by atoms with Crippen molar-refractivity contribution in [2.24, 2.45) is 0 Å². The number of nitrogens with zero attached hydrogens (tertiary/aromatic N) is 6. The first-order valence-corrected chi connectivity index (χ1v) is 21.0. The normalized spacial score (nSPS) is 11.8. The quantitative estimate of drug-likeness (QED) is 0.167. The molecule has 13 rings (SSSR count). The molecule has 0 radical (unpaired) electrons. The minimum absolute atomic E-state index is 0.781. The number of aromatic nitrogens is 6. The summed E-state index contributed by atoms with van der Waals surface area (Å²) in [5, 5.41) is 5.65. The molecule has 0 fully saturated rings. The Balaban J connectivity index is 0.901. The van der Waals surface area contributed by atoms with E-state index in [1.165, 1.54) is 16.2 Å². The molecule has 63 heavy (non-hydrogen) atoms. The van der Waals surface area contributed by atoms with Gasteiger partial charge in [0.15, 0.2) is 5.58 Å². The van der Waals surface area contributed by atoms with Crippen LogP contribution in [0.4, 0.5) is 0 Å². The summed E-state index contributed by atoms with van der Waals surface area (Å²) in [6.45, 7) is 0. The SMILES string of the molecule is c1ccc(-c2cc(-n3c4ccccc4c4cc(-c5cnc(-c6ccc7c8ccccc8n(-c8ccc9oc%10cccnc%10c9c8)c7c6)cn5)ccc43)cc(-c3ccccc3)n2)cc1. The van der Waals surface area contributed by atoms with Gasteiger partial charge in [0.2, 0.25) is 0 Å². The molecule has 0 spiro atoms. The van der Waals surface area contributed by atoms with Gasteiger partial charge < -0.3 is 13.6 Å². The minimum Gasteiger partial charge on any atom is -0.454 e. The number of fused-ring (bicyclic) bond motifs is 9. The summed E-state index contributed by atoms with van der Waals surface area (Å²) >= 11 is 0. The number of hydrogen-bond acceptors (Lipinski definition) is 5. The molecule has 0 aliphatic rings. The van der Waals surface area contributed by atoms with Gasteiger partial charge in [-0.05, 0) is 72.8 Å². The van der Waals surface area contributed by atoms with Crippen LogP contribution in [-0.4, -0.2) is 29.1 Å². The van der Waals surface area contributed by atoms with E-state index in [0.29, 0.717) is 0 Å². The molecule has 0 N–H and O–H groups in total. The minimum atomic E-state index is 0.781. The Kier molecular flexibility index (Phi) is 7.77. The van der Waals surface area contributed by atoms with Crippen molar-refractivity contribution in [3.63, 3.8) is 0 Å². The summed E-state index contributed by atoms with van der Waals surface area (Å²) in [7, 11) is 0. The van der Waals surface area contributed by atoms with Gasteiger partial charge in [-0.3, -0.25) is 15.0 Å². The molecule has 13 aromatic rings. The highest BCUT2D eigenvalue weighted by molar-refractivity contribution is 6.12. The number of furan rings is 1. The molecule has 7 heteroatoms. The van der Waals surface area contributed by atoms with Gasteiger partial charge >= 0.3 is 0 Å². The lowest BCUT2D eigenvalue weighted by Crippen LogP contribution is -1.98. The molecule has 294 valence electrons. The molecule has 6 heterocycles. The van der Waals surface area contributed by atoms with Crippen LogP contribution in [-0.2, 0) is 0 Å². The molecule has 0 atom stereocenters. The van der Waals surface area contributed by atoms with E-state index in [-0.39, 0.29) is 0 Å². The van der Waals surface area contributed by atoms with Gasteiger partial charge in [0.1, 0.15) is 11.1 Å². The van der Waals surface area contributed by atoms with E-state index in [4.69, 9.17) is 19.4 Å². The van der Waals surface area contributed by atoms with Crippen LogP contribution >= 0.6 is 0 Å². The van der Waals surface area contributed by atoms with Crippen molar-refractivity contribution in [3.8, 4) is 56.4 Å². The average Bonchev–Trinajstić information content (AvgIpc) is 4.01. The first-order chi connectivity index (χ1) is 31.2. The second-order valence-electron chi connectivity index (χ2n) is 15.9. The molecule has 0 amide bonds. The van der Waals surface area contributed by atoms with Crippen LogP contribution in [0.25, 0.3) is 122 Å². The lowest BCUT2D eigenvalue weighted by molar-refractivity contribution is 0.668. The molecular formula is C56H34N6O. The second kappa shape index (κ2) is 13.9. The fourth-order valence-electron chi connectivity index (χ4n) is 9.33. The Morgan fingerprint density at radius 1 is 0.333 bits per heavy atom. The zero-order valence-corrected chi connectivity index (χ0v) is 33.7. The Morgan fingerprint density at radius 2 is 0.921 bits per heavy atom. The second-order valence-corrected chi connectivity index (χ2v) is 15.9. The molecule has 0 unspecified atom stereocenters. The average molecular weight is 807 g/mol. The third-order valence-corrected chi connectivity index (χ3v) is 12.3. The van der Waals surface area contributed by atoms with Crippen LogP contribution in [0.2, 0.25) is 0 Å². The Bertz CT molecular complexity index is 3850. The first-order valence-electron chi connectivity index (χ1n) is 21.0. The molecule has 0 aliphatic heterocycles. The van der Waals surface area contributed by atoms with Crippen molar-refractivity contribution in [1.29, 1.82) is 0 Å². The zero-order chi connectivity index (χ0) is 41.4. The number of para-hydroxylation sites is 2. The van der Waals surface area contributed by atoms with Crippen molar-refractivity contribution < 1.29 is 4.42 Å². The van der Waals surface area contributed by atoms with Gasteiger partial charge in [-0.1, -0.05) is 115 Å². The Hall–Kier alpha value is -8.68. The maximum atomic E-state index is 6.12. The van der Waals surface area contributed by atoms with Crippen molar-refractivity contribution in [1.82, 2.24) is 29.1 Å². The highest BCUT2D eigenvalue weighted by Crippen LogP contribution is 2.39. The largest absolute Gasteiger partial charge is 0.454 e. The predicted octanol–water partition coefficient (Wildman–Crippen LogP) is 14.0. The van der Waals surface area contributed by atoms with Crippen LogP contribution in [0.5, 0.6) is 0 Å². The fourth-order valence-corrected chi connectivity index (χ4v) is 9.33. The van der Waals surface area contributed by atoms with Gasteiger partial charge in [0.25, 0.3) is 0 Å². The van der Waals surface area contributed by atoms with Crippen LogP contribution < -0.4 is 0 Å². The Morgan fingerprint density at radius 3 is 1.62 bits per heavy atom. The molecule has 0 saturated carbocycles. The van der Waals surface area contributed by atoms with Crippen molar-refractivity contribution in [2.45, 2.75) is 0 Å². The highest BCUT2D eigenvalue weighted by atomic mass is 16.3. The van der Waals surface area contributed by atoms with Crippen LogP contribution in [0.3, 0.4) is 0 Å². The predicted molar refractivity (Wildman–Crippen MR) is 255 cm³/mol. The molecule has 0 bridgehead atoms. The molecule has 7 nitrogen and oxygen atoms in total. The number of rotatable bonds is 6. The maximum absolute atomic E-state index is 6.12. The van der Waals surface area contributed by atoms with Crippen LogP contribution in [0.15, 0.2) is 211 Å².